The number of benzene rings is 1. The van der Waals surface area contributed by atoms with Crippen LogP contribution in [0.5, 0.6) is 5.75 Å². The van der Waals surface area contributed by atoms with E-state index in [0.29, 0.717) is 5.41 Å². The van der Waals surface area contributed by atoms with E-state index in [2.05, 4.69) is 31.2 Å². The number of ether oxygens (including phenoxy) is 1. The molecule has 0 aromatic heterocycles. The van der Waals surface area contributed by atoms with Crippen LogP contribution in [0.3, 0.4) is 0 Å². The molecule has 1 nitrogen and oxygen atoms in total. The van der Waals surface area contributed by atoms with Gasteiger partial charge in [-0.1, -0.05) is 19.1 Å². The summed E-state index contributed by atoms with van der Waals surface area (Å²) in [5.41, 5.74) is 2.12. The molecule has 92 valence electrons. The molecular formula is C16H22O. The molecule has 0 aliphatic heterocycles. The monoisotopic (exact) mass is 230 g/mol. The fraction of sp³-hybridized carbons (Fsp3) is 0.625. The topological polar surface area (TPSA) is 9.23 Å². The quantitative estimate of drug-likeness (QED) is 0.760. The lowest BCUT2D eigenvalue weighted by atomic mass is 9.76. The summed E-state index contributed by atoms with van der Waals surface area (Å²) in [6.45, 7) is 2.44. The molecule has 1 aromatic rings. The molecule has 2 aliphatic carbocycles. The molecule has 0 radical (unpaired) electrons. The van der Waals surface area contributed by atoms with Gasteiger partial charge < -0.3 is 4.74 Å². The average Bonchev–Trinajstić information content (AvgIpc) is 2.87. The molecule has 3 unspecified atom stereocenters. The lowest BCUT2D eigenvalue weighted by Crippen LogP contribution is -2.19. The molecular weight excluding hydrogens is 208 g/mol. The smallest absolute Gasteiger partial charge is 0.118 e. The Morgan fingerprint density at radius 3 is 2.53 bits per heavy atom. The maximum Gasteiger partial charge on any atom is 0.118 e. The third kappa shape index (κ3) is 1.96. The zero-order valence-electron chi connectivity index (χ0n) is 10.9. The minimum absolute atomic E-state index is 0.638. The molecule has 2 bridgehead atoms. The molecule has 0 spiro atoms. The summed E-state index contributed by atoms with van der Waals surface area (Å²) in [5, 5.41) is 0. The fourth-order valence-electron chi connectivity index (χ4n) is 4.18. The van der Waals surface area contributed by atoms with Gasteiger partial charge in [0.05, 0.1) is 7.11 Å². The third-order valence-corrected chi connectivity index (χ3v) is 5.04. The van der Waals surface area contributed by atoms with E-state index in [4.69, 9.17) is 4.74 Å². The number of hydrogen-bond acceptors (Lipinski definition) is 1. The molecule has 0 N–H and O–H groups in total. The van der Waals surface area contributed by atoms with E-state index in [-0.39, 0.29) is 0 Å². The van der Waals surface area contributed by atoms with Crippen LogP contribution in [-0.2, 0) is 6.42 Å². The second-order valence-corrected chi connectivity index (χ2v) is 6.21. The van der Waals surface area contributed by atoms with Crippen LogP contribution >= 0.6 is 0 Å². The number of methoxy groups -OCH3 is 1. The van der Waals surface area contributed by atoms with Crippen molar-refractivity contribution >= 4 is 0 Å². The predicted molar refractivity (Wildman–Crippen MR) is 70.3 cm³/mol. The van der Waals surface area contributed by atoms with Gasteiger partial charge in [0.25, 0.3) is 0 Å². The van der Waals surface area contributed by atoms with Gasteiger partial charge in [-0.2, -0.15) is 0 Å². The van der Waals surface area contributed by atoms with Crippen LogP contribution in [0.25, 0.3) is 0 Å². The summed E-state index contributed by atoms with van der Waals surface area (Å²) < 4.78 is 5.22. The first-order valence-corrected chi connectivity index (χ1v) is 6.84. The third-order valence-electron chi connectivity index (χ3n) is 5.04. The van der Waals surface area contributed by atoms with Gasteiger partial charge in [-0.3, -0.25) is 0 Å². The van der Waals surface area contributed by atoms with E-state index in [1.807, 2.05) is 0 Å². The Bertz CT molecular complexity index is 390. The lowest BCUT2D eigenvalue weighted by molar-refractivity contribution is 0.254. The molecule has 2 saturated carbocycles. The highest BCUT2D eigenvalue weighted by molar-refractivity contribution is 5.28. The van der Waals surface area contributed by atoms with Crippen LogP contribution < -0.4 is 4.74 Å². The molecule has 2 fully saturated rings. The Kier molecular flexibility index (Phi) is 2.65. The summed E-state index contributed by atoms with van der Waals surface area (Å²) in [6, 6.07) is 8.67. The summed E-state index contributed by atoms with van der Waals surface area (Å²) in [5.74, 6) is 2.95. The predicted octanol–water partition coefficient (Wildman–Crippen LogP) is 4.06. The van der Waals surface area contributed by atoms with E-state index in [9.17, 15) is 0 Å². The Labute approximate surface area is 104 Å². The molecule has 0 amide bonds. The maximum atomic E-state index is 5.22. The van der Waals surface area contributed by atoms with Crippen molar-refractivity contribution in [1.82, 2.24) is 0 Å². The Morgan fingerprint density at radius 2 is 2.00 bits per heavy atom. The average molecular weight is 230 g/mol. The summed E-state index contributed by atoms with van der Waals surface area (Å²) in [4.78, 5) is 0. The van der Waals surface area contributed by atoms with Crippen LogP contribution in [0.4, 0.5) is 0 Å². The van der Waals surface area contributed by atoms with E-state index in [1.165, 1.54) is 37.7 Å². The van der Waals surface area contributed by atoms with Crippen LogP contribution in [0, 0.1) is 17.3 Å². The minimum Gasteiger partial charge on any atom is -0.497 e. The van der Waals surface area contributed by atoms with Crippen molar-refractivity contribution in [3.63, 3.8) is 0 Å². The molecule has 17 heavy (non-hydrogen) atoms. The Hall–Kier alpha value is -0.980. The van der Waals surface area contributed by atoms with Crippen LogP contribution in [0.2, 0.25) is 0 Å². The van der Waals surface area contributed by atoms with E-state index in [1.54, 1.807) is 7.11 Å². The fourth-order valence-corrected chi connectivity index (χ4v) is 4.18. The van der Waals surface area contributed by atoms with E-state index >= 15 is 0 Å². The van der Waals surface area contributed by atoms with Gasteiger partial charge in [0.1, 0.15) is 5.75 Å². The zero-order valence-corrected chi connectivity index (χ0v) is 10.9. The largest absolute Gasteiger partial charge is 0.497 e. The standard InChI is InChI=1S/C16H22O/c1-12-9-16(8-7-14(12)11-16)10-13-3-5-15(17-2)6-4-13/h3-6,12,14H,7-11H2,1-2H3. The lowest BCUT2D eigenvalue weighted by Gasteiger charge is -2.28. The van der Waals surface area contributed by atoms with Crippen molar-refractivity contribution in [2.75, 3.05) is 7.11 Å². The number of rotatable bonds is 3. The first kappa shape index (κ1) is 11.1. The zero-order chi connectivity index (χ0) is 11.9. The van der Waals surface area contributed by atoms with Crippen molar-refractivity contribution in [3.05, 3.63) is 29.8 Å². The van der Waals surface area contributed by atoms with Gasteiger partial charge >= 0.3 is 0 Å². The highest BCUT2D eigenvalue weighted by Gasteiger charge is 2.48. The first-order valence-electron chi connectivity index (χ1n) is 6.84. The molecule has 2 aliphatic rings. The van der Waals surface area contributed by atoms with Crippen molar-refractivity contribution in [2.24, 2.45) is 17.3 Å². The van der Waals surface area contributed by atoms with Gasteiger partial charge in [0.15, 0.2) is 0 Å². The second kappa shape index (κ2) is 4.04. The van der Waals surface area contributed by atoms with Crippen LogP contribution in [-0.4, -0.2) is 7.11 Å². The molecule has 0 heterocycles. The maximum absolute atomic E-state index is 5.22. The van der Waals surface area contributed by atoms with Crippen LogP contribution in [0.15, 0.2) is 24.3 Å². The van der Waals surface area contributed by atoms with Gasteiger partial charge in [0.2, 0.25) is 0 Å². The summed E-state index contributed by atoms with van der Waals surface area (Å²) in [7, 11) is 1.73. The molecule has 1 aromatic carbocycles. The molecule has 0 saturated heterocycles. The van der Waals surface area contributed by atoms with E-state index < -0.39 is 0 Å². The number of hydrogen-bond donors (Lipinski definition) is 0. The van der Waals surface area contributed by atoms with Gasteiger partial charge in [0, 0.05) is 0 Å². The molecule has 1 heteroatoms. The highest BCUT2D eigenvalue weighted by atomic mass is 16.5. The summed E-state index contributed by atoms with van der Waals surface area (Å²) in [6.07, 6.45) is 7.12. The van der Waals surface area contributed by atoms with Gasteiger partial charge in [-0.25, -0.2) is 0 Å². The highest BCUT2D eigenvalue weighted by Crippen LogP contribution is 2.58. The number of fused-ring (bicyclic) bond motifs is 2. The molecule has 3 rings (SSSR count). The SMILES string of the molecule is COc1ccc(CC23CCC(C2)C(C)C3)cc1. The molecule has 3 atom stereocenters. The van der Waals surface area contributed by atoms with Crippen molar-refractivity contribution in [2.45, 2.75) is 39.0 Å². The van der Waals surface area contributed by atoms with Crippen molar-refractivity contribution in [1.29, 1.82) is 0 Å². The normalized spacial score (nSPS) is 35.2. The first-order chi connectivity index (χ1) is 8.21. The van der Waals surface area contributed by atoms with Gasteiger partial charge in [-0.15, -0.1) is 0 Å². The Balaban J connectivity index is 1.74. The summed E-state index contributed by atoms with van der Waals surface area (Å²) >= 11 is 0. The minimum atomic E-state index is 0.638. The van der Waals surface area contributed by atoms with Gasteiger partial charge in [-0.05, 0) is 67.1 Å². The second-order valence-electron chi connectivity index (χ2n) is 6.21. The van der Waals surface area contributed by atoms with Crippen LogP contribution in [0.1, 0.15) is 38.2 Å². The van der Waals surface area contributed by atoms with E-state index in [0.717, 1.165) is 17.6 Å². The van der Waals surface area contributed by atoms with Crippen molar-refractivity contribution < 1.29 is 4.74 Å². The van der Waals surface area contributed by atoms with Crippen molar-refractivity contribution in [3.8, 4) is 5.75 Å². The Morgan fingerprint density at radius 1 is 1.24 bits per heavy atom.